The van der Waals surface area contributed by atoms with Gasteiger partial charge in [0, 0.05) is 4.90 Å². The molecule has 1 aliphatic heterocycles. The zero-order valence-corrected chi connectivity index (χ0v) is 14.0. The summed E-state index contributed by atoms with van der Waals surface area (Å²) in [5.41, 5.74) is 1.88. The number of fused-ring (bicyclic) bond motifs is 1. The Bertz CT molecular complexity index is 845. The average molecular weight is 341 g/mol. The van der Waals surface area contributed by atoms with E-state index in [1.165, 1.54) is 18.9 Å². The van der Waals surface area contributed by atoms with Crippen LogP contribution in [0.15, 0.2) is 52.3 Å². The van der Waals surface area contributed by atoms with Crippen LogP contribution in [0.2, 0.25) is 0 Å². The molecule has 6 heteroatoms. The molecule has 0 aliphatic carbocycles. The van der Waals surface area contributed by atoms with Crippen LogP contribution in [0.25, 0.3) is 6.08 Å². The molecule has 2 aromatic rings. The molecule has 5 nitrogen and oxygen atoms in total. The molecular formula is C18H15NO4S. The van der Waals surface area contributed by atoms with Crippen LogP contribution >= 0.6 is 11.8 Å². The van der Waals surface area contributed by atoms with Crippen LogP contribution in [0.1, 0.15) is 15.9 Å². The van der Waals surface area contributed by atoms with E-state index in [-0.39, 0.29) is 5.91 Å². The molecule has 1 amide bonds. The van der Waals surface area contributed by atoms with Crippen molar-refractivity contribution in [1.29, 1.82) is 0 Å². The van der Waals surface area contributed by atoms with Crippen molar-refractivity contribution in [3.05, 3.63) is 58.5 Å². The van der Waals surface area contributed by atoms with E-state index in [0.717, 1.165) is 16.2 Å². The van der Waals surface area contributed by atoms with Gasteiger partial charge in [-0.2, -0.15) is 0 Å². The summed E-state index contributed by atoms with van der Waals surface area (Å²) < 4.78 is 9.89. The average Bonchev–Trinajstić information content (AvgIpc) is 2.61. The van der Waals surface area contributed by atoms with Gasteiger partial charge in [-0.05, 0) is 42.0 Å². The number of hydrogen-bond acceptors (Lipinski definition) is 5. The first kappa shape index (κ1) is 16.1. The highest BCUT2D eigenvalue weighted by molar-refractivity contribution is 8.04. The Hall–Kier alpha value is -2.73. The first-order chi connectivity index (χ1) is 11.6. The van der Waals surface area contributed by atoms with Gasteiger partial charge in [-0.25, -0.2) is 4.79 Å². The maximum absolute atomic E-state index is 12.3. The number of methoxy groups -OCH3 is 2. The summed E-state index contributed by atoms with van der Waals surface area (Å²) in [5.74, 6) is 0.0841. The Kier molecular flexibility index (Phi) is 4.57. The fraction of sp³-hybridized carbons (Fsp3) is 0.111. The van der Waals surface area contributed by atoms with Gasteiger partial charge in [0.2, 0.25) is 0 Å². The first-order valence-corrected chi connectivity index (χ1v) is 7.99. The fourth-order valence-electron chi connectivity index (χ4n) is 2.29. The highest BCUT2D eigenvalue weighted by Crippen LogP contribution is 2.39. The summed E-state index contributed by atoms with van der Waals surface area (Å²) in [7, 11) is 2.92. The van der Waals surface area contributed by atoms with Gasteiger partial charge in [-0.15, -0.1) is 0 Å². The number of benzene rings is 2. The number of nitrogens with one attached hydrogen (secondary N) is 1. The van der Waals surface area contributed by atoms with Crippen LogP contribution in [0.4, 0.5) is 5.69 Å². The molecule has 0 saturated heterocycles. The van der Waals surface area contributed by atoms with Gasteiger partial charge in [-0.1, -0.05) is 23.9 Å². The van der Waals surface area contributed by atoms with Crippen molar-refractivity contribution in [2.45, 2.75) is 4.90 Å². The molecule has 122 valence electrons. The molecule has 0 aromatic heterocycles. The predicted molar refractivity (Wildman–Crippen MR) is 93.2 cm³/mol. The molecule has 3 rings (SSSR count). The molecule has 24 heavy (non-hydrogen) atoms. The summed E-state index contributed by atoms with van der Waals surface area (Å²) >= 11 is 1.36. The lowest BCUT2D eigenvalue weighted by Crippen LogP contribution is -2.18. The zero-order chi connectivity index (χ0) is 17.1. The van der Waals surface area contributed by atoms with Crippen molar-refractivity contribution >= 4 is 35.4 Å². The molecule has 1 heterocycles. The number of thioether (sulfide) groups is 1. The number of anilines is 1. The van der Waals surface area contributed by atoms with E-state index < -0.39 is 5.97 Å². The molecule has 0 unspecified atom stereocenters. The summed E-state index contributed by atoms with van der Waals surface area (Å²) in [6.45, 7) is 0. The number of esters is 1. The van der Waals surface area contributed by atoms with Gasteiger partial charge in [0.05, 0.1) is 30.4 Å². The van der Waals surface area contributed by atoms with Crippen LogP contribution in [-0.2, 0) is 9.53 Å². The van der Waals surface area contributed by atoms with E-state index in [1.54, 1.807) is 31.4 Å². The minimum atomic E-state index is -0.435. The first-order valence-electron chi connectivity index (χ1n) is 7.18. The van der Waals surface area contributed by atoms with Crippen LogP contribution in [0, 0.1) is 0 Å². The predicted octanol–water partition coefficient (Wildman–Crippen LogP) is 3.57. The fourth-order valence-corrected chi connectivity index (χ4v) is 3.22. The third kappa shape index (κ3) is 3.28. The Morgan fingerprint density at radius 1 is 1.17 bits per heavy atom. The summed E-state index contributed by atoms with van der Waals surface area (Å²) in [4.78, 5) is 25.3. The molecule has 1 aliphatic rings. The highest BCUT2D eigenvalue weighted by atomic mass is 32.2. The van der Waals surface area contributed by atoms with Crippen LogP contribution in [0.5, 0.6) is 5.75 Å². The minimum Gasteiger partial charge on any atom is -0.497 e. The Balaban J connectivity index is 1.90. The second-order valence-electron chi connectivity index (χ2n) is 5.04. The lowest BCUT2D eigenvalue weighted by atomic mass is 10.2. The topological polar surface area (TPSA) is 64.6 Å². The van der Waals surface area contributed by atoms with E-state index >= 15 is 0 Å². The quantitative estimate of drug-likeness (QED) is 0.683. The van der Waals surface area contributed by atoms with Crippen molar-refractivity contribution in [1.82, 2.24) is 0 Å². The normalized spacial score (nSPS) is 14.8. The largest absolute Gasteiger partial charge is 0.497 e. The third-order valence-electron chi connectivity index (χ3n) is 3.48. The van der Waals surface area contributed by atoms with Crippen LogP contribution in [-0.4, -0.2) is 26.1 Å². The smallest absolute Gasteiger partial charge is 0.337 e. The molecular weight excluding hydrogens is 326 g/mol. The van der Waals surface area contributed by atoms with Crippen molar-refractivity contribution < 1.29 is 19.1 Å². The van der Waals surface area contributed by atoms with Crippen LogP contribution in [0.3, 0.4) is 0 Å². The highest BCUT2D eigenvalue weighted by Gasteiger charge is 2.22. The number of amides is 1. The molecule has 0 atom stereocenters. The number of carbonyl (C=O) groups is 2. The molecule has 2 aromatic carbocycles. The molecule has 0 bridgehead atoms. The van der Waals surface area contributed by atoms with Crippen molar-refractivity contribution in [2.75, 3.05) is 19.5 Å². The van der Waals surface area contributed by atoms with Crippen molar-refractivity contribution in [3.8, 4) is 5.75 Å². The van der Waals surface area contributed by atoms with E-state index in [2.05, 4.69) is 5.32 Å². The number of ether oxygens (including phenoxy) is 2. The van der Waals surface area contributed by atoms with Gasteiger partial charge in [0.1, 0.15) is 5.75 Å². The molecule has 0 fully saturated rings. The maximum Gasteiger partial charge on any atom is 0.337 e. The molecule has 0 radical (unpaired) electrons. The monoisotopic (exact) mass is 341 g/mol. The summed E-state index contributed by atoms with van der Waals surface area (Å²) in [5, 5.41) is 2.81. The minimum absolute atomic E-state index is 0.211. The third-order valence-corrected chi connectivity index (χ3v) is 4.58. The van der Waals surface area contributed by atoms with E-state index in [0.29, 0.717) is 16.2 Å². The van der Waals surface area contributed by atoms with Gasteiger partial charge in [-0.3, -0.25) is 4.79 Å². The van der Waals surface area contributed by atoms with Crippen molar-refractivity contribution in [2.24, 2.45) is 0 Å². The van der Waals surface area contributed by atoms with Crippen molar-refractivity contribution in [3.63, 3.8) is 0 Å². The molecule has 0 saturated carbocycles. The Morgan fingerprint density at radius 3 is 2.75 bits per heavy atom. The zero-order valence-electron chi connectivity index (χ0n) is 13.2. The standard InChI is InChI=1S/C18H15NO4S/c1-22-13-5-3-4-11(8-13)9-16-17(20)19-14-10-12(18(21)23-2)6-7-15(14)24-16/h3-10H,1-2H3,(H,19,20). The summed E-state index contributed by atoms with van der Waals surface area (Å²) in [6, 6.07) is 12.6. The summed E-state index contributed by atoms with van der Waals surface area (Å²) in [6.07, 6.45) is 1.81. The lowest BCUT2D eigenvalue weighted by molar-refractivity contribution is -0.112. The van der Waals surface area contributed by atoms with Gasteiger partial charge >= 0.3 is 5.97 Å². The number of carbonyl (C=O) groups excluding carboxylic acids is 2. The maximum atomic E-state index is 12.3. The SMILES string of the molecule is COC(=O)c1ccc2c(c1)NC(=O)C(=Cc1cccc(OC)c1)S2. The van der Waals surface area contributed by atoms with Gasteiger partial charge in [0.15, 0.2) is 0 Å². The number of hydrogen-bond donors (Lipinski definition) is 1. The van der Waals surface area contributed by atoms with E-state index in [1.807, 2.05) is 24.3 Å². The molecule has 1 N–H and O–H groups in total. The van der Waals surface area contributed by atoms with Gasteiger partial charge < -0.3 is 14.8 Å². The van der Waals surface area contributed by atoms with Crippen LogP contribution < -0.4 is 10.1 Å². The molecule has 0 spiro atoms. The Morgan fingerprint density at radius 2 is 2.00 bits per heavy atom. The second kappa shape index (κ2) is 6.80. The van der Waals surface area contributed by atoms with Gasteiger partial charge in [0.25, 0.3) is 5.91 Å². The van der Waals surface area contributed by atoms with E-state index in [4.69, 9.17) is 9.47 Å². The Labute approximate surface area is 143 Å². The lowest BCUT2D eigenvalue weighted by Gasteiger charge is -2.19. The number of rotatable bonds is 3. The van der Waals surface area contributed by atoms with E-state index in [9.17, 15) is 9.59 Å². The second-order valence-corrected chi connectivity index (χ2v) is 6.13.